The molecule has 3 saturated heterocycles. The average Bonchev–Trinajstić information content (AvgIpc) is 3.65. The molecular formula is C29H38N8O2S2. The highest BCUT2D eigenvalue weighted by atomic mass is 32.1. The molecule has 41 heavy (non-hydrogen) atoms. The molecule has 2 atom stereocenters. The summed E-state index contributed by atoms with van der Waals surface area (Å²) in [5, 5.41) is 8.09. The lowest BCUT2D eigenvalue weighted by Gasteiger charge is -2.48. The van der Waals surface area contributed by atoms with E-state index in [2.05, 4.69) is 58.1 Å². The summed E-state index contributed by atoms with van der Waals surface area (Å²) in [5.41, 5.74) is 2.73. The van der Waals surface area contributed by atoms with Crippen LogP contribution in [0.25, 0.3) is 0 Å². The van der Waals surface area contributed by atoms with E-state index in [1.165, 1.54) is 28.6 Å². The second-order valence-corrected chi connectivity index (χ2v) is 13.0. The molecule has 3 aliphatic heterocycles. The molecule has 0 saturated carbocycles. The van der Waals surface area contributed by atoms with Crippen LogP contribution in [0.2, 0.25) is 0 Å². The van der Waals surface area contributed by atoms with E-state index in [0.717, 1.165) is 89.3 Å². The number of rotatable bonds is 6. The number of piperazine rings is 1. The zero-order chi connectivity index (χ0) is 28.3. The second kappa shape index (κ2) is 12.6. The molecule has 2 aromatic heterocycles. The third-order valence-electron chi connectivity index (χ3n) is 9.09. The molecule has 10 nitrogen and oxygen atoms in total. The van der Waals surface area contributed by atoms with E-state index in [1.54, 1.807) is 0 Å². The predicted octanol–water partition coefficient (Wildman–Crippen LogP) is 3.14. The quantitative estimate of drug-likeness (QED) is 0.429. The number of benzene rings is 1. The van der Waals surface area contributed by atoms with E-state index >= 15 is 0 Å². The van der Waals surface area contributed by atoms with E-state index in [4.69, 9.17) is 0 Å². The van der Waals surface area contributed by atoms with Crippen LogP contribution < -0.4 is 0 Å². The van der Waals surface area contributed by atoms with Gasteiger partial charge < -0.3 is 9.80 Å². The maximum atomic E-state index is 13.5. The van der Waals surface area contributed by atoms with Crippen molar-refractivity contribution < 1.29 is 9.59 Å². The smallest absolute Gasteiger partial charge is 0.267 e. The maximum Gasteiger partial charge on any atom is 0.267 e. The van der Waals surface area contributed by atoms with Crippen molar-refractivity contribution in [3.63, 3.8) is 0 Å². The monoisotopic (exact) mass is 594 g/mol. The first-order valence-electron chi connectivity index (χ1n) is 14.7. The Kier molecular flexibility index (Phi) is 8.71. The summed E-state index contributed by atoms with van der Waals surface area (Å²) in [6.45, 7) is 10.3. The fourth-order valence-electron chi connectivity index (χ4n) is 6.74. The molecule has 0 spiro atoms. The first kappa shape index (κ1) is 28.3. The number of hydrogen-bond acceptors (Lipinski definition) is 10. The summed E-state index contributed by atoms with van der Waals surface area (Å²) in [6, 6.07) is 11.7. The van der Waals surface area contributed by atoms with Crippen molar-refractivity contribution in [3.8, 4) is 0 Å². The lowest BCUT2D eigenvalue weighted by molar-refractivity contribution is 0.0129. The standard InChI is InChI=1S/C29H38N8O2S2/c1-20-26(40-32-30-20)28(38)36-11-8-23(9-12-36)34-14-16-35(17-15-34)24-10-13-37(29(39)27-21(2)31-33-41-27)25(19-24)18-22-6-4-3-5-7-22/h3-7,23-25H,8-19H2,1-2H3. The maximum absolute atomic E-state index is 13.5. The van der Waals surface area contributed by atoms with E-state index in [9.17, 15) is 9.59 Å². The normalized spacial score (nSPS) is 23.2. The van der Waals surface area contributed by atoms with Crippen LogP contribution in [0.15, 0.2) is 30.3 Å². The molecule has 5 heterocycles. The van der Waals surface area contributed by atoms with Crippen molar-refractivity contribution in [2.75, 3.05) is 45.8 Å². The summed E-state index contributed by atoms with van der Waals surface area (Å²) in [4.78, 5) is 37.1. The fourth-order valence-corrected chi connectivity index (χ4v) is 7.98. The summed E-state index contributed by atoms with van der Waals surface area (Å²) in [7, 11) is 0. The van der Waals surface area contributed by atoms with Crippen LogP contribution in [-0.4, -0.2) is 115 Å². The van der Waals surface area contributed by atoms with Gasteiger partial charge in [0.15, 0.2) is 0 Å². The molecular weight excluding hydrogens is 557 g/mol. The van der Waals surface area contributed by atoms with Crippen molar-refractivity contribution in [1.29, 1.82) is 0 Å². The van der Waals surface area contributed by atoms with Gasteiger partial charge in [0.1, 0.15) is 9.75 Å². The van der Waals surface area contributed by atoms with E-state index < -0.39 is 0 Å². The molecule has 3 aromatic rings. The van der Waals surface area contributed by atoms with Crippen LogP contribution in [0.1, 0.15) is 62.0 Å². The summed E-state index contributed by atoms with van der Waals surface area (Å²) in [6.07, 6.45) is 4.88. The van der Waals surface area contributed by atoms with Gasteiger partial charge in [0.2, 0.25) is 0 Å². The minimum Gasteiger partial charge on any atom is -0.338 e. The van der Waals surface area contributed by atoms with E-state index in [0.29, 0.717) is 21.8 Å². The van der Waals surface area contributed by atoms with E-state index in [1.807, 2.05) is 24.8 Å². The number of amides is 2. The highest BCUT2D eigenvalue weighted by Gasteiger charge is 2.38. The SMILES string of the molecule is Cc1nnsc1C(=O)N1CCC(N2CCN(C3CCN(C(=O)c4snnc4C)C(Cc4ccccc4)C3)CC2)CC1. The summed E-state index contributed by atoms with van der Waals surface area (Å²) in [5.74, 6) is 0.158. The topological polar surface area (TPSA) is 98.7 Å². The summed E-state index contributed by atoms with van der Waals surface area (Å²) < 4.78 is 7.95. The molecule has 0 N–H and O–H groups in total. The average molecular weight is 595 g/mol. The number of carbonyl (C=O) groups is 2. The van der Waals surface area contributed by atoms with Crippen molar-refractivity contribution in [3.05, 3.63) is 57.0 Å². The van der Waals surface area contributed by atoms with Gasteiger partial charge in [-0.3, -0.25) is 19.4 Å². The molecule has 0 aliphatic carbocycles. The highest BCUT2D eigenvalue weighted by Crippen LogP contribution is 2.29. The molecule has 1 aromatic carbocycles. The van der Waals surface area contributed by atoms with Crippen LogP contribution in [0.4, 0.5) is 0 Å². The van der Waals surface area contributed by atoms with Crippen LogP contribution in [0.3, 0.4) is 0 Å². The largest absolute Gasteiger partial charge is 0.338 e. The number of nitrogens with zero attached hydrogens (tertiary/aromatic N) is 8. The van der Waals surface area contributed by atoms with Crippen LogP contribution in [0.5, 0.6) is 0 Å². The fraction of sp³-hybridized carbons (Fsp3) is 0.586. The van der Waals surface area contributed by atoms with Gasteiger partial charge in [0.25, 0.3) is 11.8 Å². The summed E-state index contributed by atoms with van der Waals surface area (Å²) >= 11 is 2.41. The van der Waals surface area contributed by atoms with Gasteiger partial charge in [-0.25, -0.2) is 0 Å². The van der Waals surface area contributed by atoms with Gasteiger partial charge in [-0.05, 0) is 74.6 Å². The van der Waals surface area contributed by atoms with Crippen LogP contribution in [-0.2, 0) is 6.42 Å². The van der Waals surface area contributed by atoms with Crippen molar-refractivity contribution in [1.82, 2.24) is 38.8 Å². The Morgan fingerprint density at radius 3 is 1.90 bits per heavy atom. The third kappa shape index (κ3) is 6.20. The predicted molar refractivity (Wildman–Crippen MR) is 159 cm³/mol. The van der Waals surface area contributed by atoms with Crippen LogP contribution >= 0.6 is 23.1 Å². The second-order valence-electron chi connectivity index (χ2n) is 11.5. The molecule has 218 valence electrons. The lowest BCUT2D eigenvalue weighted by atomic mass is 9.90. The molecule has 0 radical (unpaired) electrons. The van der Waals surface area contributed by atoms with Gasteiger partial charge in [-0.15, -0.1) is 10.2 Å². The molecule has 3 aliphatic rings. The molecule has 0 bridgehead atoms. The number of aryl methyl sites for hydroxylation is 2. The Morgan fingerprint density at radius 1 is 0.756 bits per heavy atom. The third-order valence-corrected chi connectivity index (χ3v) is 10.7. The molecule has 12 heteroatoms. The van der Waals surface area contributed by atoms with Crippen LogP contribution in [0, 0.1) is 13.8 Å². The lowest BCUT2D eigenvalue weighted by Crippen LogP contribution is -2.58. The Balaban J connectivity index is 1.04. The first-order valence-corrected chi connectivity index (χ1v) is 16.2. The van der Waals surface area contributed by atoms with Gasteiger partial charge in [-0.2, -0.15) is 0 Å². The zero-order valence-electron chi connectivity index (χ0n) is 23.8. The van der Waals surface area contributed by atoms with E-state index in [-0.39, 0.29) is 17.9 Å². The first-order chi connectivity index (χ1) is 20.0. The number of likely N-dealkylation sites (tertiary alicyclic amines) is 2. The number of carbonyl (C=O) groups excluding carboxylic acids is 2. The molecule has 2 unspecified atom stereocenters. The number of hydrogen-bond donors (Lipinski definition) is 0. The Labute approximate surface area is 249 Å². The van der Waals surface area contributed by atoms with Gasteiger partial charge in [0.05, 0.1) is 11.4 Å². The minimum absolute atomic E-state index is 0.0771. The molecule has 2 amide bonds. The Morgan fingerprint density at radius 2 is 1.32 bits per heavy atom. The van der Waals surface area contributed by atoms with Crippen molar-refractivity contribution in [2.24, 2.45) is 0 Å². The minimum atomic E-state index is 0.0771. The van der Waals surface area contributed by atoms with Gasteiger partial charge >= 0.3 is 0 Å². The highest BCUT2D eigenvalue weighted by molar-refractivity contribution is 7.08. The Hall–Kier alpha value is -2.80. The molecule has 6 rings (SSSR count). The van der Waals surface area contributed by atoms with Gasteiger partial charge in [-0.1, -0.05) is 39.3 Å². The number of aromatic nitrogens is 4. The Bertz CT molecular complexity index is 1330. The van der Waals surface area contributed by atoms with Crippen molar-refractivity contribution in [2.45, 2.75) is 64.1 Å². The zero-order valence-corrected chi connectivity index (χ0v) is 25.4. The van der Waals surface area contributed by atoms with Crippen molar-refractivity contribution >= 4 is 34.9 Å². The van der Waals surface area contributed by atoms with Gasteiger partial charge in [0, 0.05) is 63.9 Å². The molecule has 3 fully saturated rings. The number of piperidine rings is 2.